The van der Waals surface area contributed by atoms with Gasteiger partial charge in [0.1, 0.15) is 5.69 Å². The van der Waals surface area contributed by atoms with Crippen LogP contribution in [-0.2, 0) is 6.42 Å². The zero-order chi connectivity index (χ0) is 16.2. The number of nitrogens with zero attached hydrogens (tertiary/aromatic N) is 2. The molecule has 1 N–H and O–H groups in total. The summed E-state index contributed by atoms with van der Waals surface area (Å²) in [6.45, 7) is 0.663. The van der Waals surface area contributed by atoms with Crippen LogP contribution in [0.1, 0.15) is 45.7 Å². The van der Waals surface area contributed by atoms with Gasteiger partial charge >= 0.3 is 5.97 Å². The number of carboxylic acid groups (broad SMARTS) is 1. The number of anilines is 1. The van der Waals surface area contributed by atoms with Gasteiger partial charge < -0.3 is 10.0 Å². The molecule has 0 radical (unpaired) electrons. The van der Waals surface area contributed by atoms with Gasteiger partial charge in [0.2, 0.25) is 0 Å². The van der Waals surface area contributed by atoms with E-state index in [0.717, 1.165) is 31.4 Å². The monoisotopic (exact) mass is 310 g/mol. The van der Waals surface area contributed by atoms with Crippen LogP contribution in [0.3, 0.4) is 0 Å². The number of fused-ring (bicyclic) bond motifs is 1. The predicted molar refractivity (Wildman–Crippen MR) is 86.9 cm³/mol. The largest absolute Gasteiger partial charge is 0.477 e. The molecular formula is C18H18N2O3. The van der Waals surface area contributed by atoms with E-state index < -0.39 is 5.97 Å². The molecule has 118 valence electrons. The van der Waals surface area contributed by atoms with Gasteiger partial charge in [-0.05, 0) is 43.0 Å². The number of hydrogen-bond acceptors (Lipinski definition) is 3. The third-order valence-electron chi connectivity index (χ3n) is 4.08. The van der Waals surface area contributed by atoms with Crippen molar-refractivity contribution in [2.75, 3.05) is 11.4 Å². The first kappa shape index (κ1) is 15.2. The van der Waals surface area contributed by atoms with Crippen LogP contribution in [0.5, 0.6) is 0 Å². The third kappa shape index (κ3) is 3.23. The molecule has 5 heteroatoms. The molecule has 0 spiro atoms. The van der Waals surface area contributed by atoms with E-state index in [1.165, 1.54) is 23.9 Å². The molecule has 1 aromatic heterocycles. The van der Waals surface area contributed by atoms with Crippen molar-refractivity contribution >= 4 is 17.6 Å². The highest BCUT2D eigenvalue weighted by Gasteiger charge is 2.21. The second-order valence-corrected chi connectivity index (χ2v) is 5.63. The second-order valence-electron chi connectivity index (χ2n) is 5.63. The van der Waals surface area contributed by atoms with Crippen LogP contribution < -0.4 is 4.90 Å². The van der Waals surface area contributed by atoms with E-state index in [-0.39, 0.29) is 11.6 Å². The van der Waals surface area contributed by atoms with E-state index in [0.29, 0.717) is 12.1 Å². The lowest BCUT2D eigenvalue weighted by atomic mass is 10.0. The molecule has 23 heavy (non-hydrogen) atoms. The first-order valence-electron chi connectivity index (χ1n) is 7.76. The molecule has 0 saturated carbocycles. The molecule has 0 bridgehead atoms. The van der Waals surface area contributed by atoms with Crippen molar-refractivity contribution < 1.29 is 14.7 Å². The van der Waals surface area contributed by atoms with Crippen LogP contribution in [0.25, 0.3) is 0 Å². The summed E-state index contributed by atoms with van der Waals surface area (Å²) < 4.78 is 0. The Bertz CT molecular complexity index is 725. The molecule has 5 nitrogen and oxygen atoms in total. The SMILES string of the molecule is O=C(O)c1ccc(C(=O)N2CCCCCc3ccccc32)cn1. The van der Waals surface area contributed by atoms with Crippen molar-refractivity contribution in [3.8, 4) is 0 Å². The number of aromatic nitrogens is 1. The molecule has 1 aliphatic rings. The molecular weight excluding hydrogens is 292 g/mol. The van der Waals surface area contributed by atoms with Gasteiger partial charge in [0, 0.05) is 18.4 Å². The van der Waals surface area contributed by atoms with Gasteiger partial charge in [-0.15, -0.1) is 0 Å². The summed E-state index contributed by atoms with van der Waals surface area (Å²) in [6.07, 6.45) is 5.49. The second kappa shape index (κ2) is 6.60. The molecule has 1 amide bonds. The average molecular weight is 310 g/mol. The van der Waals surface area contributed by atoms with Gasteiger partial charge in [-0.3, -0.25) is 4.79 Å². The van der Waals surface area contributed by atoms with E-state index in [4.69, 9.17) is 5.11 Å². The van der Waals surface area contributed by atoms with Crippen molar-refractivity contribution in [1.82, 2.24) is 4.98 Å². The van der Waals surface area contributed by atoms with Crippen molar-refractivity contribution in [3.05, 3.63) is 59.4 Å². The number of amides is 1. The van der Waals surface area contributed by atoms with Gasteiger partial charge in [-0.1, -0.05) is 24.6 Å². The highest BCUT2D eigenvalue weighted by molar-refractivity contribution is 6.06. The van der Waals surface area contributed by atoms with Crippen LogP contribution in [0.15, 0.2) is 42.6 Å². The number of rotatable bonds is 2. The minimum atomic E-state index is -1.10. The highest BCUT2D eigenvalue weighted by Crippen LogP contribution is 2.27. The fraction of sp³-hybridized carbons (Fsp3) is 0.278. The summed E-state index contributed by atoms with van der Waals surface area (Å²) in [4.78, 5) is 29.3. The molecule has 3 rings (SSSR count). The first-order valence-corrected chi connectivity index (χ1v) is 7.76. The Balaban J connectivity index is 1.93. The molecule has 0 fully saturated rings. The molecule has 1 aromatic carbocycles. The number of carboxylic acids is 1. The summed E-state index contributed by atoms with van der Waals surface area (Å²) in [5.41, 5.74) is 2.47. The molecule has 1 aliphatic heterocycles. The lowest BCUT2D eigenvalue weighted by molar-refractivity contribution is 0.0690. The van der Waals surface area contributed by atoms with Gasteiger partial charge in [0.25, 0.3) is 5.91 Å². The highest BCUT2D eigenvalue weighted by atomic mass is 16.4. The zero-order valence-corrected chi connectivity index (χ0v) is 12.7. The summed E-state index contributed by atoms with van der Waals surface area (Å²) in [7, 11) is 0. The molecule has 2 aromatic rings. The number of para-hydroxylation sites is 1. The van der Waals surface area contributed by atoms with Crippen LogP contribution in [0.2, 0.25) is 0 Å². The summed E-state index contributed by atoms with van der Waals surface area (Å²) >= 11 is 0. The topological polar surface area (TPSA) is 70.5 Å². The van der Waals surface area contributed by atoms with Crippen LogP contribution in [0, 0.1) is 0 Å². The molecule has 0 saturated heterocycles. The predicted octanol–water partition coefficient (Wildman–Crippen LogP) is 3.15. The van der Waals surface area contributed by atoms with E-state index in [9.17, 15) is 9.59 Å². The zero-order valence-electron chi connectivity index (χ0n) is 12.7. The fourth-order valence-corrected chi connectivity index (χ4v) is 2.88. The Kier molecular flexibility index (Phi) is 4.37. The van der Waals surface area contributed by atoms with Crippen molar-refractivity contribution in [2.24, 2.45) is 0 Å². The number of benzene rings is 1. The lowest BCUT2D eigenvalue weighted by Gasteiger charge is -2.27. The molecule has 0 aliphatic carbocycles. The van der Waals surface area contributed by atoms with E-state index >= 15 is 0 Å². The van der Waals surface area contributed by atoms with Gasteiger partial charge in [-0.2, -0.15) is 0 Å². The summed E-state index contributed by atoms with van der Waals surface area (Å²) in [5, 5.41) is 8.90. The van der Waals surface area contributed by atoms with Gasteiger partial charge in [-0.25, -0.2) is 9.78 Å². The maximum absolute atomic E-state index is 12.8. The Morgan fingerprint density at radius 1 is 1.04 bits per heavy atom. The minimum absolute atomic E-state index is 0.0605. The van der Waals surface area contributed by atoms with Gasteiger partial charge in [0.15, 0.2) is 0 Å². The number of aromatic carboxylic acids is 1. The number of pyridine rings is 1. The average Bonchev–Trinajstić information content (AvgIpc) is 2.55. The Morgan fingerprint density at radius 2 is 1.87 bits per heavy atom. The van der Waals surface area contributed by atoms with Gasteiger partial charge in [0.05, 0.1) is 5.56 Å². The summed E-state index contributed by atoms with van der Waals surface area (Å²) in [6, 6.07) is 10.9. The number of carbonyl (C=O) groups is 2. The number of aryl methyl sites for hydroxylation is 1. The Labute approximate surface area is 134 Å². The first-order chi connectivity index (χ1) is 11.2. The fourth-order valence-electron chi connectivity index (χ4n) is 2.88. The smallest absolute Gasteiger partial charge is 0.354 e. The third-order valence-corrected chi connectivity index (χ3v) is 4.08. The lowest BCUT2D eigenvalue weighted by Crippen LogP contribution is -2.33. The molecule has 0 unspecified atom stereocenters. The quantitative estimate of drug-likeness (QED) is 0.925. The van der Waals surface area contributed by atoms with Crippen molar-refractivity contribution in [2.45, 2.75) is 25.7 Å². The Hall–Kier alpha value is -2.69. The number of carbonyl (C=O) groups excluding carboxylic acids is 1. The van der Waals surface area contributed by atoms with E-state index in [1.54, 1.807) is 4.90 Å². The van der Waals surface area contributed by atoms with Crippen LogP contribution >= 0.6 is 0 Å². The molecule has 2 heterocycles. The van der Waals surface area contributed by atoms with E-state index in [1.807, 2.05) is 18.2 Å². The normalized spacial score (nSPS) is 14.5. The van der Waals surface area contributed by atoms with E-state index in [2.05, 4.69) is 11.1 Å². The number of hydrogen-bond donors (Lipinski definition) is 1. The Morgan fingerprint density at radius 3 is 2.61 bits per heavy atom. The summed E-state index contributed by atoms with van der Waals surface area (Å²) in [5.74, 6) is -1.23. The minimum Gasteiger partial charge on any atom is -0.477 e. The standard InChI is InChI=1S/C18H18N2O3/c21-17(14-9-10-15(18(22)23)19-12-14)20-11-5-1-2-6-13-7-3-4-8-16(13)20/h3-4,7-10,12H,1-2,5-6,11H2,(H,22,23). The maximum Gasteiger partial charge on any atom is 0.354 e. The van der Waals surface area contributed by atoms with Crippen LogP contribution in [0.4, 0.5) is 5.69 Å². The van der Waals surface area contributed by atoms with Crippen molar-refractivity contribution in [3.63, 3.8) is 0 Å². The van der Waals surface area contributed by atoms with Crippen LogP contribution in [-0.4, -0.2) is 28.5 Å². The van der Waals surface area contributed by atoms with Crippen molar-refractivity contribution in [1.29, 1.82) is 0 Å². The molecule has 0 atom stereocenters. The maximum atomic E-state index is 12.8.